The number of anilines is 1. The topological polar surface area (TPSA) is 94.2 Å². The van der Waals surface area contributed by atoms with Crippen LogP contribution in [0.5, 0.6) is 17.2 Å². The quantitative estimate of drug-likeness (QED) is 0.244. The summed E-state index contributed by atoms with van der Waals surface area (Å²) in [5, 5.41) is 2.23. The van der Waals surface area contributed by atoms with Crippen LogP contribution in [0.25, 0.3) is 6.08 Å². The number of carbonyl (C=O) groups is 3. The van der Waals surface area contributed by atoms with E-state index < -0.39 is 17.8 Å². The smallest absolute Gasteiger partial charge is 0.335 e. The molecule has 1 aliphatic rings. The number of aryl methyl sites for hydroxylation is 1. The van der Waals surface area contributed by atoms with Gasteiger partial charge < -0.3 is 14.2 Å². The Kier molecular flexibility index (Phi) is 7.70. The van der Waals surface area contributed by atoms with Gasteiger partial charge in [0.15, 0.2) is 11.5 Å². The molecule has 3 aromatic carbocycles. The Hall–Kier alpha value is -4.11. The van der Waals surface area contributed by atoms with Crippen molar-refractivity contribution in [1.82, 2.24) is 5.32 Å². The van der Waals surface area contributed by atoms with Gasteiger partial charge >= 0.3 is 6.03 Å². The van der Waals surface area contributed by atoms with Gasteiger partial charge in [0.1, 0.15) is 24.5 Å². The first-order valence-electron chi connectivity index (χ1n) is 11.0. The highest BCUT2D eigenvalue weighted by Gasteiger charge is 2.36. The van der Waals surface area contributed by atoms with Gasteiger partial charge in [-0.15, -0.1) is 0 Å². The maximum atomic E-state index is 13.2. The lowest BCUT2D eigenvalue weighted by molar-refractivity contribution is -0.122. The Balaban J connectivity index is 1.54. The number of ether oxygens (including phenoxy) is 3. The highest BCUT2D eigenvalue weighted by molar-refractivity contribution is 9.10. The van der Waals surface area contributed by atoms with Crippen molar-refractivity contribution in [2.75, 3.05) is 25.2 Å². The van der Waals surface area contributed by atoms with Crippen molar-refractivity contribution >= 4 is 45.5 Å². The standard InChI is InChI=1S/C27H23BrN2O6/c1-17-7-6-8-19(13-17)30-26(32)21(25(31)29-27(30)33)14-18-15-22(28)24(23(16-18)34-2)36-12-11-35-20-9-4-3-5-10-20/h3-10,13-16H,11-12H2,1-2H3,(H,29,31,33)/b21-14+. The second-order valence-corrected chi connectivity index (χ2v) is 8.70. The number of halogens is 1. The molecule has 184 valence electrons. The molecule has 4 rings (SSSR count). The summed E-state index contributed by atoms with van der Waals surface area (Å²) in [5.41, 5.74) is 1.56. The summed E-state index contributed by atoms with van der Waals surface area (Å²) >= 11 is 3.47. The van der Waals surface area contributed by atoms with E-state index >= 15 is 0 Å². The van der Waals surface area contributed by atoms with Crippen LogP contribution >= 0.6 is 15.9 Å². The molecule has 9 heteroatoms. The van der Waals surface area contributed by atoms with Gasteiger partial charge in [0.05, 0.1) is 17.3 Å². The van der Waals surface area contributed by atoms with Crippen LogP contribution in [-0.4, -0.2) is 38.2 Å². The summed E-state index contributed by atoms with van der Waals surface area (Å²) in [4.78, 5) is 39.1. The number of hydrogen-bond donors (Lipinski definition) is 1. The van der Waals surface area contributed by atoms with Crippen molar-refractivity contribution in [1.29, 1.82) is 0 Å². The first-order chi connectivity index (χ1) is 17.4. The molecule has 1 aliphatic heterocycles. The number of amides is 4. The van der Waals surface area contributed by atoms with E-state index in [0.29, 0.717) is 33.8 Å². The van der Waals surface area contributed by atoms with Gasteiger partial charge in [-0.3, -0.25) is 14.9 Å². The molecule has 0 radical (unpaired) electrons. The van der Waals surface area contributed by atoms with Gasteiger partial charge in [0, 0.05) is 0 Å². The third-order valence-electron chi connectivity index (χ3n) is 5.27. The highest BCUT2D eigenvalue weighted by Crippen LogP contribution is 2.37. The molecule has 0 spiro atoms. The molecule has 36 heavy (non-hydrogen) atoms. The predicted molar refractivity (Wildman–Crippen MR) is 138 cm³/mol. The molecule has 1 heterocycles. The summed E-state index contributed by atoms with van der Waals surface area (Å²) in [5.74, 6) is 0.0893. The van der Waals surface area contributed by atoms with Crippen molar-refractivity contribution in [2.24, 2.45) is 0 Å². The van der Waals surface area contributed by atoms with Gasteiger partial charge in [0.25, 0.3) is 11.8 Å². The van der Waals surface area contributed by atoms with E-state index in [4.69, 9.17) is 14.2 Å². The Morgan fingerprint density at radius 1 is 0.944 bits per heavy atom. The van der Waals surface area contributed by atoms with Gasteiger partial charge in [-0.25, -0.2) is 9.69 Å². The van der Waals surface area contributed by atoms with E-state index in [-0.39, 0.29) is 12.2 Å². The van der Waals surface area contributed by atoms with Crippen molar-refractivity contribution in [2.45, 2.75) is 6.92 Å². The number of methoxy groups -OCH3 is 1. The zero-order chi connectivity index (χ0) is 25.7. The van der Waals surface area contributed by atoms with Gasteiger partial charge in [-0.05, 0) is 76.5 Å². The number of rotatable bonds is 8. The maximum absolute atomic E-state index is 13.2. The lowest BCUT2D eigenvalue weighted by Crippen LogP contribution is -2.54. The summed E-state index contributed by atoms with van der Waals surface area (Å²) in [6.45, 7) is 2.43. The number of carbonyl (C=O) groups excluding carboxylic acids is 3. The average molecular weight is 551 g/mol. The average Bonchev–Trinajstić information content (AvgIpc) is 2.85. The molecule has 8 nitrogen and oxygen atoms in total. The Bertz CT molecular complexity index is 1340. The molecule has 0 atom stereocenters. The molecule has 4 amide bonds. The molecular formula is C27H23BrN2O6. The minimum Gasteiger partial charge on any atom is -0.493 e. The summed E-state index contributed by atoms with van der Waals surface area (Å²) < 4.78 is 17.5. The molecule has 1 N–H and O–H groups in total. The zero-order valence-electron chi connectivity index (χ0n) is 19.6. The minimum atomic E-state index is -0.798. The van der Waals surface area contributed by atoms with Crippen LogP contribution in [0.4, 0.5) is 10.5 Å². The Morgan fingerprint density at radius 2 is 1.69 bits per heavy atom. The van der Waals surface area contributed by atoms with Crippen LogP contribution in [0.1, 0.15) is 11.1 Å². The number of hydrogen-bond acceptors (Lipinski definition) is 6. The van der Waals surface area contributed by atoms with E-state index in [9.17, 15) is 14.4 Å². The Morgan fingerprint density at radius 3 is 2.42 bits per heavy atom. The lowest BCUT2D eigenvalue weighted by Gasteiger charge is -2.26. The number of urea groups is 1. The summed E-state index contributed by atoms with van der Waals surface area (Å²) in [6.07, 6.45) is 1.41. The fraction of sp³-hybridized carbons (Fsp3) is 0.148. The Labute approximate surface area is 216 Å². The van der Waals surface area contributed by atoms with Gasteiger partial charge in [0.2, 0.25) is 0 Å². The van der Waals surface area contributed by atoms with E-state index in [1.807, 2.05) is 43.3 Å². The maximum Gasteiger partial charge on any atom is 0.335 e. The first kappa shape index (κ1) is 25.0. The molecule has 0 aliphatic carbocycles. The van der Waals surface area contributed by atoms with E-state index in [1.165, 1.54) is 13.2 Å². The minimum absolute atomic E-state index is 0.185. The number of para-hydroxylation sites is 1. The molecular weight excluding hydrogens is 528 g/mol. The molecule has 0 bridgehead atoms. The van der Waals surface area contributed by atoms with Crippen LogP contribution in [0.15, 0.2) is 76.8 Å². The molecule has 0 aromatic heterocycles. The van der Waals surface area contributed by atoms with Crippen LogP contribution in [0.3, 0.4) is 0 Å². The SMILES string of the molecule is COc1cc(/C=C2\C(=O)NC(=O)N(c3cccc(C)c3)C2=O)cc(Br)c1OCCOc1ccccc1. The second kappa shape index (κ2) is 11.1. The van der Waals surface area contributed by atoms with Gasteiger partial charge in [-0.1, -0.05) is 30.3 Å². The van der Waals surface area contributed by atoms with Crippen LogP contribution in [-0.2, 0) is 9.59 Å². The largest absolute Gasteiger partial charge is 0.493 e. The molecule has 0 unspecified atom stereocenters. The second-order valence-electron chi connectivity index (χ2n) is 7.84. The predicted octanol–water partition coefficient (Wildman–Crippen LogP) is 4.89. The number of nitrogens with zero attached hydrogens (tertiary/aromatic N) is 1. The first-order valence-corrected chi connectivity index (χ1v) is 11.8. The van der Waals surface area contributed by atoms with Crippen LogP contribution < -0.4 is 24.4 Å². The molecule has 3 aromatic rings. The van der Waals surface area contributed by atoms with Crippen molar-refractivity contribution in [3.05, 3.63) is 87.9 Å². The fourth-order valence-corrected chi connectivity index (χ4v) is 4.18. The normalized spacial score (nSPS) is 14.6. The summed E-state index contributed by atoms with van der Waals surface area (Å²) in [7, 11) is 1.49. The third-order valence-corrected chi connectivity index (χ3v) is 5.86. The van der Waals surface area contributed by atoms with Crippen molar-refractivity contribution in [3.63, 3.8) is 0 Å². The molecule has 1 fully saturated rings. The third kappa shape index (κ3) is 5.58. The van der Waals surface area contributed by atoms with Crippen LogP contribution in [0, 0.1) is 6.92 Å². The molecule has 0 saturated carbocycles. The number of nitrogens with one attached hydrogen (secondary N) is 1. The van der Waals surface area contributed by atoms with Crippen molar-refractivity contribution in [3.8, 4) is 17.2 Å². The monoisotopic (exact) mass is 550 g/mol. The van der Waals surface area contributed by atoms with E-state index in [0.717, 1.165) is 16.2 Å². The number of barbiturate groups is 1. The highest BCUT2D eigenvalue weighted by atomic mass is 79.9. The summed E-state index contributed by atoms with van der Waals surface area (Å²) in [6, 6.07) is 18.8. The zero-order valence-corrected chi connectivity index (χ0v) is 21.2. The van der Waals surface area contributed by atoms with E-state index in [2.05, 4.69) is 21.2 Å². The lowest BCUT2D eigenvalue weighted by atomic mass is 10.1. The number of benzene rings is 3. The van der Waals surface area contributed by atoms with E-state index in [1.54, 1.807) is 30.3 Å². The molecule has 1 saturated heterocycles. The fourth-order valence-electron chi connectivity index (χ4n) is 3.61. The van der Waals surface area contributed by atoms with Crippen LogP contribution in [0.2, 0.25) is 0 Å². The number of imide groups is 2. The van der Waals surface area contributed by atoms with Gasteiger partial charge in [-0.2, -0.15) is 0 Å². The van der Waals surface area contributed by atoms with Crippen molar-refractivity contribution < 1.29 is 28.6 Å².